The lowest BCUT2D eigenvalue weighted by Gasteiger charge is -2.17. The molecule has 0 bridgehead atoms. The summed E-state index contributed by atoms with van der Waals surface area (Å²) >= 11 is 3.48. The van der Waals surface area contributed by atoms with Gasteiger partial charge < -0.3 is 14.6 Å². The van der Waals surface area contributed by atoms with Crippen LogP contribution in [-0.2, 0) is 0 Å². The zero-order chi connectivity index (χ0) is 14.0. The van der Waals surface area contributed by atoms with E-state index in [1.165, 1.54) is 0 Å². The first-order chi connectivity index (χ1) is 9.12. The van der Waals surface area contributed by atoms with Crippen LogP contribution in [0.3, 0.4) is 0 Å². The number of hydrogen-bond donors (Lipinski definition) is 1. The number of aromatic amines is 1. The monoisotopic (exact) mass is 324 g/mol. The van der Waals surface area contributed by atoms with E-state index >= 15 is 0 Å². The van der Waals surface area contributed by atoms with Crippen molar-refractivity contribution >= 4 is 32.7 Å². The Bertz CT molecular complexity index is 603. The van der Waals surface area contributed by atoms with Crippen molar-refractivity contribution in [1.29, 1.82) is 0 Å². The third-order valence-electron chi connectivity index (χ3n) is 3.20. The summed E-state index contributed by atoms with van der Waals surface area (Å²) in [6.45, 7) is 5.34. The lowest BCUT2D eigenvalue weighted by atomic mass is 10.2. The first-order valence-electron chi connectivity index (χ1n) is 6.26. The topological polar surface area (TPSA) is 45.3 Å². The summed E-state index contributed by atoms with van der Waals surface area (Å²) in [5.41, 5.74) is 1.47. The van der Waals surface area contributed by atoms with E-state index in [4.69, 9.17) is 4.74 Å². The number of carbonyl (C=O) groups excluding carboxylic acids is 1. The van der Waals surface area contributed by atoms with Crippen LogP contribution in [0.5, 0.6) is 5.75 Å². The van der Waals surface area contributed by atoms with E-state index in [0.29, 0.717) is 18.8 Å². The highest BCUT2D eigenvalue weighted by molar-refractivity contribution is 9.10. The summed E-state index contributed by atoms with van der Waals surface area (Å²) in [4.78, 5) is 17.3. The average Bonchev–Trinajstić information content (AvgIpc) is 2.86. The van der Waals surface area contributed by atoms with E-state index < -0.39 is 0 Å². The predicted molar refractivity (Wildman–Crippen MR) is 79.8 cm³/mol. The van der Waals surface area contributed by atoms with Gasteiger partial charge in [-0.15, -0.1) is 0 Å². The Labute approximate surface area is 120 Å². The third kappa shape index (κ3) is 2.47. The van der Waals surface area contributed by atoms with Crippen molar-refractivity contribution in [2.24, 2.45) is 0 Å². The molecule has 2 rings (SSSR count). The van der Waals surface area contributed by atoms with Crippen LogP contribution < -0.4 is 4.74 Å². The fourth-order valence-electron chi connectivity index (χ4n) is 2.13. The zero-order valence-electron chi connectivity index (χ0n) is 11.3. The number of nitrogens with zero attached hydrogens (tertiary/aromatic N) is 1. The van der Waals surface area contributed by atoms with E-state index in [-0.39, 0.29) is 5.91 Å². The number of fused-ring (bicyclic) bond motifs is 1. The van der Waals surface area contributed by atoms with Gasteiger partial charge in [-0.05, 0) is 48.0 Å². The maximum atomic E-state index is 12.3. The summed E-state index contributed by atoms with van der Waals surface area (Å²) < 4.78 is 6.24. The molecule has 1 N–H and O–H groups in total. The number of amides is 1. The van der Waals surface area contributed by atoms with Gasteiger partial charge in [0.15, 0.2) is 0 Å². The van der Waals surface area contributed by atoms with Crippen LogP contribution in [0, 0.1) is 0 Å². The molecule has 1 amide bonds. The van der Waals surface area contributed by atoms with Gasteiger partial charge in [0.2, 0.25) is 0 Å². The van der Waals surface area contributed by atoms with Gasteiger partial charge in [-0.3, -0.25) is 4.79 Å². The summed E-state index contributed by atoms with van der Waals surface area (Å²) in [6.07, 6.45) is 0. The highest BCUT2D eigenvalue weighted by atomic mass is 79.9. The number of ether oxygens (including phenoxy) is 1. The standard InChI is InChI=1S/C14H17BrN2O2/c1-4-17(5-2)14(18)11-8-9-12(19-3)7-6-10(15)13(9)16-11/h6-8,16H,4-5H2,1-3H3. The second kappa shape index (κ2) is 5.65. The van der Waals surface area contributed by atoms with Gasteiger partial charge in [-0.25, -0.2) is 0 Å². The van der Waals surface area contributed by atoms with Crippen LogP contribution >= 0.6 is 15.9 Å². The summed E-state index contributed by atoms with van der Waals surface area (Å²) in [6, 6.07) is 5.63. The Kier molecular flexibility index (Phi) is 4.14. The molecular formula is C14H17BrN2O2. The van der Waals surface area contributed by atoms with E-state index in [2.05, 4.69) is 20.9 Å². The molecular weight excluding hydrogens is 308 g/mol. The van der Waals surface area contributed by atoms with Crippen molar-refractivity contribution in [2.75, 3.05) is 20.2 Å². The molecule has 0 saturated heterocycles. The number of benzene rings is 1. The fourth-order valence-corrected chi connectivity index (χ4v) is 2.58. The average molecular weight is 325 g/mol. The molecule has 0 fully saturated rings. The molecule has 0 aliphatic rings. The molecule has 5 heteroatoms. The van der Waals surface area contributed by atoms with Gasteiger partial charge in [0.1, 0.15) is 11.4 Å². The number of nitrogens with one attached hydrogen (secondary N) is 1. The number of aromatic nitrogens is 1. The van der Waals surface area contributed by atoms with E-state index in [1.54, 1.807) is 12.0 Å². The van der Waals surface area contributed by atoms with Crippen LogP contribution in [0.25, 0.3) is 10.9 Å². The van der Waals surface area contributed by atoms with Crippen molar-refractivity contribution in [3.63, 3.8) is 0 Å². The molecule has 0 radical (unpaired) electrons. The number of hydrogen-bond acceptors (Lipinski definition) is 2. The second-order valence-electron chi connectivity index (χ2n) is 4.20. The molecule has 0 aliphatic heterocycles. The smallest absolute Gasteiger partial charge is 0.270 e. The maximum Gasteiger partial charge on any atom is 0.270 e. The molecule has 102 valence electrons. The van der Waals surface area contributed by atoms with Crippen LogP contribution in [0.2, 0.25) is 0 Å². The van der Waals surface area contributed by atoms with Crippen LogP contribution in [0.4, 0.5) is 0 Å². The number of halogens is 1. The number of rotatable bonds is 4. The van der Waals surface area contributed by atoms with E-state index in [1.807, 2.05) is 32.0 Å². The van der Waals surface area contributed by atoms with Gasteiger partial charge in [0, 0.05) is 22.9 Å². The van der Waals surface area contributed by atoms with Crippen LogP contribution in [-0.4, -0.2) is 36.0 Å². The molecule has 0 unspecified atom stereocenters. The van der Waals surface area contributed by atoms with Gasteiger partial charge in [-0.2, -0.15) is 0 Å². The zero-order valence-corrected chi connectivity index (χ0v) is 12.9. The van der Waals surface area contributed by atoms with Crippen molar-refractivity contribution < 1.29 is 9.53 Å². The van der Waals surface area contributed by atoms with Gasteiger partial charge in [0.05, 0.1) is 12.6 Å². The Balaban J connectivity index is 2.52. The van der Waals surface area contributed by atoms with Crippen LogP contribution in [0.15, 0.2) is 22.7 Å². The SMILES string of the molecule is CCN(CC)C(=O)c1cc2c(OC)ccc(Br)c2[nH]1. The lowest BCUT2D eigenvalue weighted by Crippen LogP contribution is -2.30. The van der Waals surface area contributed by atoms with E-state index in [0.717, 1.165) is 21.1 Å². The summed E-state index contributed by atoms with van der Waals surface area (Å²) in [5, 5.41) is 0.910. The lowest BCUT2D eigenvalue weighted by molar-refractivity contribution is 0.0768. The molecule has 1 aromatic heterocycles. The van der Waals surface area contributed by atoms with Crippen molar-refractivity contribution in [1.82, 2.24) is 9.88 Å². The first kappa shape index (κ1) is 13.9. The summed E-state index contributed by atoms with van der Waals surface area (Å²) in [7, 11) is 1.63. The van der Waals surface area contributed by atoms with Crippen molar-refractivity contribution in [2.45, 2.75) is 13.8 Å². The molecule has 19 heavy (non-hydrogen) atoms. The molecule has 2 aromatic rings. The fraction of sp³-hybridized carbons (Fsp3) is 0.357. The van der Waals surface area contributed by atoms with E-state index in [9.17, 15) is 4.79 Å². The highest BCUT2D eigenvalue weighted by Crippen LogP contribution is 2.32. The van der Waals surface area contributed by atoms with Gasteiger partial charge in [-0.1, -0.05) is 0 Å². The largest absolute Gasteiger partial charge is 0.496 e. The number of carbonyl (C=O) groups is 1. The minimum atomic E-state index is 0.00940. The molecule has 0 saturated carbocycles. The van der Waals surface area contributed by atoms with Crippen LogP contribution in [0.1, 0.15) is 24.3 Å². The van der Waals surface area contributed by atoms with Crippen molar-refractivity contribution in [3.05, 3.63) is 28.4 Å². The number of H-pyrrole nitrogens is 1. The number of methoxy groups -OCH3 is 1. The second-order valence-corrected chi connectivity index (χ2v) is 5.05. The highest BCUT2D eigenvalue weighted by Gasteiger charge is 2.17. The van der Waals surface area contributed by atoms with Crippen molar-refractivity contribution in [3.8, 4) is 5.75 Å². The van der Waals surface area contributed by atoms with Gasteiger partial charge >= 0.3 is 0 Å². The minimum absolute atomic E-state index is 0.00940. The normalized spacial score (nSPS) is 10.7. The first-order valence-corrected chi connectivity index (χ1v) is 7.06. The predicted octanol–water partition coefficient (Wildman–Crippen LogP) is 3.42. The minimum Gasteiger partial charge on any atom is -0.496 e. The maximum absolute atomic E-state index is 12.3. The molecule has 4 nitrogen and oxygen atoms in total. The summed E-state index contributed by atoms with van der Waals surface area (Å²) in [5.74, 6) is 0.767. The molecule has 1 heterocycles. The molecule has 1 aromatic carbocycles. The quantitative estimate of drug-likeness (QED) is 0.936. The molecule has 0 spiro atoms. The Morgan fingerprint density at radius 1 is 1.37 bits per heavy atom. The third-order valence-corrected chi connectivity index (χ3v) is 3.86. The Morgan fingerprint density at radius 3 is 2.63 bits per heavy atom. The Morgan fingerprint density at radius 2 is 2.05 bits per heavy atom. The molecule has 0 aliphatic carbocycles. The Hall–Kier alpha value is -1.49. The van der Waals surface area contributed by atoms with Gasteiger partial charge in [0.25, 0.3) is 5.91 Å². The molecule has 0 atom stereocenters.